The number of halogens is 1. The van der Waals surface area contributed by atoms with Crippen molar-refractivity contribution in [3.8, 4) is 0 Å². The Morgan fingerprint density at radius 2 is 1.50 bits per heavy atom. The highest BCUT2D eigenvalue weighted by Crippen LogP contribution is 2.50. The third kappa shape index (κ3) is 2.44. The van der Waals surface area contributed by atoms with E-state index in [2.05, 4.69) is 12.1 Å². The molecule has 0 saturated carbocycles. The molecule has 4 rings (SSSR count). The van der Waals surface area contributed by atoms with Gasteiger partial charge >= 0.3 is 0 Å². The summed E-state index contributed by atoms with van der Waals surface area (Å²) in [6.45, 7) is 1.53. The fraction of sp³-hybridized carbons (Fsp3) is 0.368. The maximum Gasteiger partial charge on any atom is 0.123 e. The lowest BCUT2D eigenvalue weighted by atomic mass is 9.78. The Morgan fingerprint density at radius 3 is 2.27 bits per heavy atom. The minimum atomic E-state index is -0.210. The number of ether oxygens (including phenoxy) is 2. The topological polar surface area (TPSA) is 18.5 Å². The molecule has 2 fully saturated rings. The van der Waals surface area contributed by atoms with Gasteiger partial charge in [-0.2, -0.15) is 0 Å². The van der Waals surface area contributed by atoms with E-state index in [0.29, 0.717) is 11.8 Å². The summed E-state index contributed by atoms with van der Waals surface area (Å²) in [5.74, 6) is 0.592. The van der Waals surface area contributed by atoms with Gasteiger partial charge in [-0.25, -0.2) is 4.39 Å². The van der Waals surface area contributed by atoms with Gasteiger partial charge < -0.3 is 9.47 Å². The zero-order chi connectivity index (χ0) is 14.9. The summed E-state index contributed by atoms with van der Waals surface area (Å²) in [6.07, 6.45) is 1.07. The lowest BCUT2D eigenvalue weighted by Gasteiger charge is -2.36. The number of rotatable bonds is 2. The lowest BCUT2D eigenvalue weighted by Crippen LogP contribution is -2.31. The quantitative estimate of drug-likeness (QED) is 0.823. The van der Waals surface area contributed by atoms with Crippen LogP contribution in [0.25, 0.3) is 0 Å². The number of benzene rings is 2. The van der Waals surface area contributed by atoms with E-state index in [9.17, 15) is 4.39 Å². The molecule has 2 saturated heterocycles. The fourth-order valence-corrected chi connectivity index (χ4v) is 3.77. The Labute approximate surface area is 129 Å². The Balaban J connectivity index is 1.68. The van der Waals surface area contributed by atoms with Gasteiger partial charge in [-0.15, -0.1) is 0 Å². The van der Waals surface area contributed by atoms with E-state index in [0.717, 1.165) is 25.2 Å². The molecule has 22 heavy (non-hydrogen) atoms. The summed E-state index contributed by atoms with van der Waals surface area (Å²) in [7, 11) is 0. The molecule has 0 bridgehead atoms. The molecule has 2 aliphatic heterocycles. The third-order valence-electron chi connectivity index (χ3n) is 4.85. The molecule has 0 spiro atoms. The normalized spacial score (nSPS) is 31.0. The molecular formula is C19H19FO2. The SMILES string of the molecule is Fc1ccc([C@H]2OCC[C@H]3CO[C@@H](c4ccccc4)[C@@H]32)cc1. The molecule has 2 nitrogen and oxygen atoms in total. The van der Waals surface area contributed by atoms with E-state index in [1.165, 1.54) is 17.7 Å². The van der Waals surface area contributed by atoms with Gasteiger partial charge in [-0.1, -0.05) is 42.5 Å². The molecule has 2 aliphatic rings. The van der Waals surface area contributed by atoms with Crippen molar-refractivity contribution in [2.75, 3.05) is 13.2 Å². The first-order valence-electron chi connectivity index (χ1n) is 7.86. The average Bonchev–Trinajstić information content (AvgIpc) is 3.00. The van der Waals surface area contributed by atoms with Crippen LogP contribution in [0.15, 0.2) is 54.6 Å². The smallest absolute Gasteiger partial charge is 0.123 e. The van der Waals surface area contributed by atoms with Crippen molar-refractivity contribution < 1.29 is 13.9 Å². The molecule has 0 aliphatic carbocycles. The molecule has 2 aromatic rings. The first-order chi connectivity index (χ1) is 10.8. The monoisotopic (exact) mass is 298 g/mol. The lowest BCUT2D eigenvalue weighted by molar-refractivity contribution is -0.0605. The van der Waals surface area contributed by atoms with E-state index in [-0.39, 0.29) is 18.0 Å². The van der Waals surface area contributed by atoms with Crippen LogP contribution in [-0.4, -0.2) is 13.2 Å². The first kappa shape index (κ1) is 13.9. The summed E-state index contributed by atoms with van der Waals surface area (Å²) in [4.78, 5) is 0. The molecule has 0 aromatic heterocycles. The summed E-state index contributed by atoms with van der Waals surface area (Å²) in [5, 5.41) is 0. The summed E-state index contributed by atoms with van der Waals surface area (Å²) >= 11 is 0. The van der Waals surface area contributed by atoms with Crippen LogP contribution < -0.4 is 0 Å². The molecule has 0 radical (unpaired) electrons. The van der Waals surface area contributed by atoms with Crippen molar-refractivity contribution in [3.05, 3.63) is 71.5 Å². The van der Waals surface area contributed by atoms with Crippen LogP contribution in [0.5, 0.6) is 0 Å². The van der Waals surface area contributed by atoms with Crippen LogP contribution in [0.4, 0.5) is 4.39 Å². The Hall–Kier alpha value is -1.71. The highest BCUT2D eigenvalue weighted by Gasteiger charge is 2.46. The molecule has 0 unspecified atom stereocenters. The van der Waals surface area contributed by atoms with Crippen LogP contribution in [0.3, 0.4) is 0 Å². The van der Waals surface area contributed by atoms with Gasteiger partial charge in [0.05, 0.1) is 18.8 Å². The van der Waals surface area contributed by atoms with E-state index in [1.54, 1.807) is 0 Å². The molecule has 4 atom stereocenters. The molecular weight excluding hydrogens is 279 g/mol. The van der Waals surface area contributed by atoms with E-state index in [1.807, 2.05) is 30.3 Å². The van der Waals surface area contributed by atoms with Gasteiger partial charge in [0.2, 0.25) is 0 Å². The zero-order valence-electron chi connectivity index (χ0n) is 12.3. The van der Waals surface area contributed by atoms with Gasteiger partial charge in [0.1, 0.15) is 5.82 Å². The number of hydrogen-bond acceptors (Lipinski definition) is 2. The number of fused-ring (bicyclic) bond motifs is 1. The second-order valence-electron chi connectivity index (χ2n) is 6.13. The largest absolute Gasteiger partial charge is 0.373 e. The van der Waals surface area contributed by atoms with Crippen molar-refractivity contribution in [2.24, 2.45) is 11.8 Å². The predicted molar refractivity (Wildman–Crippen MR) is 81.8 cm³/mol. The second kappa shape index (κ2) is 5.82. The van der Waals surface area contributed by atoms with Gasteiger partial charge in [0, 0.05) is 12.5 Å². The summed E-state index contributed by atoms with van der Waals surface area (Å²) in [5.41, 5.74) is 2.25. The molecule has 0 amide bonds. The molecule has 114 valence electrons. The maximum atomic E-state index is 13.2. The standard InChI is InChI=1S/C19H19FO2/c20-16-8-6-14(7-9-16)18-17-15(10-11-21-18)12-22-19(17)13-4-2-1-3-5-13/h1-9,15,17-19H,10-12H2/t15-,17-,18+,19-/m0/s1. The van der Waals surface area contributed by atoms with Crippen molar-refractivity contribution in [3.63, 3.8) is 0 Å². The summed E-state index contributed by atoms with van der Waals surface area (Å²) < 4.78 is 25.4. The van der Waals surface area contributed by atoms with Gasteiger partial charge in [0.15, 0.2) is 0 Å². The van der Waals surface area contributed by atoms with E-state index in [4.69, 9.17) is 9.47 Å². The van der Waals surface area contributed by atoms with Gasteiger partial charge in [-0.05, 0) is 35.6 Å². The van der Waals surface area contributed by atoms with Crippen LogP contribution in [-0.2, 0) is 9.47 Å². The van der Waals surface area contributed by atoms with Crippen molar-refractivity contribution in [1.82, 2.24) is 0 Å². The van der Waals surface area contributed by atoms with Crippen molar-refractivity contribution >= 4 is 0 Å². The Kier molecular flexibility index (Phi) is 3.68. The van der Waals surface area contributed by atoms with E-state index >= 15 is 0 Å². The van der Waals surface area contributed by atoms with Crippen LogP contribution in [0.1, 0.15) is 29.8 Å². The van der Waals surface area contributed by atoms with Crippen LogP contribution in [0, 0.1) is 17.7 Å². The highest BCUT2D eigenvalue weighted by atomic mass is 19.1. The van der Waals surface area contributed by atoms with Crippen molar-refractivity contribution in [2.45, 2.75) is 18.6 Å². The Bertz CT molecular complexity index is 626. The van der Waals surface area contributed by atoms with Crippen LogP contribution >= 0.6 is 0 Å². The third-order valence-corrected chi connectivity index (χ3v) is 4.85. The molecule has 3 heteroatoms. The van der Waals surface area contributed by atoms with Gasteiger partial charge in [0.25, 0.3) is 0 Å². The van der Waals surface area contributed by atoms with Crippen LogP contribution in [0.2, 0.25) is 0 Å². The number of hydrogen-bond donors (Lipinski definition) is 0. The maximum absolute atomic E-state index is 13.2. The average molecular weight is 298 g/mol. The Morgan fingerprint density at radius 1 is 0.818 bits per heavy atom. The molecule has 0 N–H and O–H groups in total. The minimum Gasteiger partial charge on any atom is -0.373 e. The summed E-state index contributed by atoms with van der Waals surface area (Å²) in [6, 6.07) is 17.0. The zero-order valence-corrected chi connectivity index (χ0v) is 12.3. The minimum absolute atomic E-state index is 0.0212. The molecule has 2 aromatic carbocycles. The highest BCUT2D eigenvalue weighted by molar-refractivity contribution is 5.25. The predicted octanol–water partition coefficient (Wildman–Crippen LogP) is 4.29. The first-order valence-corrected chi connectivity index (χ1v) is 7.86. The van der Waals surface area contributed by atoms with Gasteiger partial charge in [-0.3, -0.25) is 0 Å². The molecule has 2 heterocycles. The fourth-order valence-electron chi connectivity index (χ4n) is 3.77. The second-order valence-corrected chi connectivity index (χ2v) is 6.13. The van der Waals surface area contributed by atoms with E-state index < -0.39 is 0 Å². The van der Waals surface area contributed by atoms with Crippen molar-refractivity contribution in [1.29, 1.82) is 0 Å².